The molecule has 1 heterocycles. The second-order valence-electron chi connectivity index (χ2n) is 6.62. The number of hydrogen-bond acceptors (Lipinski definition) is 3. The Kier molecular flexibility index (Phi) is 6.37. The zero-order valence-electron chi connectivity index (χ0n) is 16.2. The van der Waals surface area contributed by atoms with Crippen molar-refractivity contribution in [3.05, 3.63) is 89.5 Å². The molecule has 0 saturated carbocycles. The van der Waals surface area contributed by atoms with Crippen molar-refractivity contribution in [2.75, 3.05) is 23.3 Å². The summed E-state index contributed by atoms with van der Waals surface area (Å²) in [7, 11) is 0. The van der Waals surface area contributed by atoms with Crippen molar-refractivity contribution in [1.29, 1.82) is 0 Å². The summed E-state index contributed by atoms with van der Waals surface area (Å²) in [5, 5.41) is 3.22. The van der Waals surface area contributed by atoms with Gasteiger partial charge in [-0.2, -0.15) is 0 Å². The van der Waals surface area contributed by atoms with Crippen LogP contribution in [0.2, 0.25) is 0 Å². The summed E-state index contributed by atoms with van der Waals surface area (Å²) in [6.45, 7) is 5.07. The molecule has 0 radical (unpaired) electrons. The van der Waals surface area contributed by atoms with Crippen LogP contribution in [-0.4, -0.2) is 24.0 Å². The molecule has 0 fully saturated rings. The van der Waals surface area contributed by atoms with E-state index in [0.29, 0.717) is 30.6 Å². The van der Waals surface area contributed by atoms with Crippen molar-refractivity contribution in [2.24, 2.45) is 0 Å². The monoisotopic (exact) mass is 377 g/mol. The summed E-state index contributed by atoms with van der Waals surface area (Å²) in [5.74, 6) is -0.304. The maximum atomic E-state index is 13.7. The van der Waals surface area contributed by atoms with Gasteiger partial charge in [-0.15, -0.1) is 0 Å². The predicted octanol–water partition coefficient (Wildman–Crippen LogP) is 4.85. The zero-order valence-corrected chi connectivity index (χ0v) is 16.2. The van der Waals surface area contributed by atoms with E-state index in [1.165, 1.54) is 6.07 Å². The molecule has 3 aromatic rings. The van der Waals surface area contributed by atoms with Crippen molar-refractivity contribution < 1.29 is 9.18 Å². The number of carbonyl (C=O) groups excluding carboxylic acids is 1. The number of nitrogens with one attached hydrogen (secondary N) is 1. The highest BCUT2D eigenvalue weighted by molar-refractivity contribution is 6.06. The number of amides is 1. The summed E-state index contributed by atoms with van der Waals surface area (Å²) in [5.41, 5.74) is 3.88. The number of anilines is 2. The molecule has 0 spiro atoms. The average molecular weight is 377 g/mol. The lowest BCUT2D eigenvalue weighted by atomic mass is 10.1. The first-order chi connectivity index (χ1) is 13.6. The van der Waals surface area contributed by atoms with Crippen LogP contribution in [0.15, 0.2) is 67.0 Å². The number of rotatable bonds is 7. The van der Waals surface area contributed by atoms with Crippen LogP contribution >= 0.6 is 0 Å². The van der Waals surface area contributed by atoms with Gasteiger partial charge in [0.1, 0.15) is 5.82 Å². The van der Waals surface area contributed by atoms with Crippen molar-refractivity contribution >= 4 is 17.3 Å². The van der Waals surface area contributed by atoms with E-state index in [2.05, 4.69) is 10.3 Å². The largest absolute Gasteiger partial charge is 0.383 e. The minimum Gasteiger partial charge on any atom is -0.383 e. The first-order valence-corrected chi connectivity index (χ1v) is 9.39. The molecular weight excluding hydrogens is 353 g/mol. The SMILES string of the molecule is CCN(C(=O)c1cncc(NCCc2ccccc2F)c1)c1cccc(C)c1. The van der Waals surface area contributed by atoms with Gasteiger partial charge >= 0.3 is 0 Å². The molecule has 5 heteroatoms. The molecule has 1 N–H and O–H groups in total. The number of carbonyl (C=O) groups is 1. The molecule has 0 saturated heterocycles. The van der Waals surface area contributed by atoms with Crippen molar-refractivity contribution in [2.45, 2.75) is 20.3 Å². The van der Waals surface area contributed by atoms with Crippen molar-refractivity contribution in [3.63, 3.8) is 0 Å². The highest BCUT2D eigenvalue weighted by Gasteiger charge is 2.17. The van der Waals surface area contributed by atoms with Crippen molar-refractivity contribution in [1.82, 2.24) is 4.98 Å². The summed E-state index contributed by atoms with van der Waals surface area (Å²) in [4.78, 5) is 18.9. The average Bonchev–Trinajstić information content (AvgIpc) is 2.70. The van der Waals surface area contributed by atoms with Gasteiger partial charge in [0.25, 0.3) is 5.91 Å². The predicted molar refractivity (Wildman–Crippen MR) is 111 cm³/mol. The van der Waals surface area contributed by atoms with Crippen LogP contribution in [0, 0.1) is 12.7 Å². The molecule has 28 heavy (non-hydrogen) atoms. The lowest BCUT2D eigenvalue weighted by Crippen LogP contribution is -2.30. The molecule has 4 nitrogen and oxygen atoms in total. The van der Waals surface area contributed by atoms with Gasteiger partial charge in [-0.3, -0.25) is 9.78 Å². The Hall–Kier alpha value is -3.21. The molecule has 144 valence electrons. The molecule has 1 aromatic heterocycles. The van der Waals surface area contributed by atoms with E-state index < -0.39 is 0 Å². The molecular formula is C23H24FN3O. The number of pyridine rings is 1. The fourth-order valence-corrected chi connectivity index (χ4v) is 3.09. The molecule has 0 aliphatic rings. The summed E-state index contributed by atoms with van der Waals surface area (Å²) in [6.07, 6.45) is 3.79. The van der Waals surface area contributed by atoms with E-state index in [1.807, 2.05) is 44.2 Å². The van der Waals surface area contributed by atoms with E-state index >= 15 is 0 Å². The Morgan fingerprint density at radius 2 is 1.93 bits per heavy atom. The first kappa shape index (κ1) is 19.5. The third-order valence-corrected chi connectivity index (χ3v) is 4.54. The van der Waals surface area contributed by atoms with Crippen LogP contribution < -0.4 is 10.2 Å². The number of halogens is 1. The lowest BCUT2D eigenvalue weighted by molar-refractivity contribution is 0.0988. The van der Waals surface area contributed by atoms with Crippen LogP contribution in [0.25, 0.3) is 0 Å². The Morgan fingerprint density at radius 1 is 1.11 bits per heavy atom. The van der Waals surface area contributed by atoms with Gasteiger partial charge in [0.2, 0.25) is 0 Å². The summed E-state index contributed by atoms with van der Waals surface area (Å²) < 4.78 is 13.7. The van der Waals surface area contributed by atoms with Crippen LogP contribution in [0.4, 0.5) is 15.8 Å². The summed E-state index contributed by atoms with van der Waals surface area (Å²) in [6, 6.07) is 16.4. The maximum absolute atomic E-state index is 13.7. The minimum atomic E-state index is -0.205. The van der Waals surface area contributed by atoms with Crippen LogP contribution in [0.5, 0.6) is 0 Å². The molecule has 1 amide bonds. The van der Waals surface area contributed by atoms with E-state index in [-0.39, 0.29) is 11.7 Å². The highest BCUT2D eigenvalue weighted by atomic mass is 19.1. The van der Waals surface area contributed by atoms with Crippen LogP contribution in [-0.2, 0) is 6.42 Å². The van der Waals surface area contributed by atoms with E-state index in [0.717, 1.165) is 16.9 Å². The van der Waals surface area contributed by atoms with Gasteiger partial charge < -0.3 is 10.2 Å². The smallest absolute Gasteiger partial charge is 0.259 e. The van der Waals surface area contributed by atoms with E-state index in [1.54, 1.807) is 35.5 Å². The molecule has 0 atom stereocenters. The molecule has 2 aromatic carbocycles. The van der Waals surface area contributed by atoms with E-state index in [9.17, 15) is 9.18 Å². The molecule has 3 rings (SSSR count). The molecule has 0 aliphatic carbocycles. The van der Waals surface area contributed by atoms with Gasteiger partial charge in [0, 0.05) is 31.2 Å². The molecule has 0 aliphatic heterocycles. The van der Waals surface area contributed by atoms with E-state index in [4.69, 9.17) is 0 Å². The van der Waals surface area contributed by atoms with Crippen LogP contribution in [0.1, 0.15) is 28.4 Å². The standard InChI is InChI=1S/C23H24FN3O/c1-3-27(21-9-6-7-17(2)13-21)23(28)19-14-20(16-25-15-19)26-12-11-18-8-4-5-10-22(18)24/h4-10,13-16,26H,3,11-12H2,1-2H3. The number of aryl methyl sites for hydroxylation is 1. The number of benzene rings is 2. The number of nitrogens with zero attached hydrogens (tertiary/aromatic N) is 2. The van der Waals surface area contributed by atoms with Crippen LogP contribution in [0.3, 0.4) is 0 Å². The van der Waals surface area contributed by atoms with Gasteiger partial charge in [-0.25, -0.2) is 4.39 Å². The fraction of sp³-hybridized carbons (Fsp3) is 0.217. The van der Waals surface area contributed by atoms with Gasteiger partial charge in [0.15, 0.2) is 0 Å². The fourth-order valence-electron chi connectivity index (χ4n) is 3.09. The second kappa shape index (κ2) is 9.13. The number of aromatic nitrogens is 1. The Bertz CT molecular complexity index is 958. The van der Waals surface area contributed by atoms with Gasteiger partial charge in [0.05, 0.1) is 11.3 Å². The highest BCUT2D eigenvalue weighted by Crippen LogP contribution is 2.19. The van der Waals surface area contributed by atoms with Crippen molar-refractivity contribution in [3.8, 4) is 0 Å². The third kappa shape index (κ3) is 4.74. The third-order valence-electron chi connectivity index (χ3n) is 4.54. The summed E-state index contributed by atoms with van der Waals surface area (Å²) >= 11 is 0. The Morgan fingerprint density at radius 3 is 2.68 bits per heavy atom. The normalized spacial score (nSPS) is 10.5. The molecule has 0 unspecified atom stereocenters. The first-order valence-electron chi connectivity index (χ1n) is 9.39. The maximum Gasteiger partial charge on any atom is 0.259 e. The lowest BCUT2D eigenvalue weighted by Gasteiger charge is -2.21. The topological polar surface area (TPSA) is 45.2 Å². The van der Waals surface area contributed by atoms with Gasteiger partial charge in [-0.1, -0.05) is 30.3 Å². The van der Waals surface area contributed by atoms with Gasteiger partial charge in [-0.05, 0) is 55.7 Å². The number of hydrogen-bond donors (Lipinski definition) is 1. The Balaban J connectivity index is 1.69. The Labute approximate surface area is 165 Å². The second-order valence-corrected chi connectivity index (χ2v) is 6.62. The molecule has 0 bridgehead atoms. The zero-order chi connectivity index (χ0) is 19.9. The minimum absolute atomic E-state index is 0.0987. The quantitative estimate of drug-likeness (QED) is 0.640.